The summed E-state index contributed by atoms with van der Waals surface area (Å²) in [5.41, 5.74) is 1.59. The number of halogens is 2. The van der Waals surface area contributed by atoms with Crippen molar-refractivity contribution in [3.8, 4) is 22.0 Å². The maximum atomic E-state index is 16.3. The Labute approximate surface area is 273 Å². The summed E-state index contributed by atoms with van der Waals surface area (Å²) in [7, 11) is 0. The minimum atomic E-state index is -1.13. The summed E-state index contributed by atoms with van der Waals surface area (Å²) < 4.78 is 32.7. The molecule has 0 radical (unpaired) electrons. The van der Waals surface area contributed by atoms with E-state index >= 15 is 4.39 Å². The second-order valence-electron chi connectivity index (χ2n) is 12.2. The molecule has 4 aliphatic rings. The molecule has 8 rings (SSSR count). The quantitative estimate of drug-likeness (QED) is 0.143. The summed E-state index contributed by atoms with van der Waals surface area (Å²) in [5.74, 6) is -1.37. The van der Waals surface area contributed by atoms with Crippen molar-refractivity contribution in [2.45, 2.75) is 83.1 Å². The Kier molecular flexibility index (Phi) is 8.78. The van der Waals surface area contributed by atoms with Crippen LogP contribution in [0.25, 0.3) is 33.1 Å². The molecule has 4 aliphatic carbocycles. The van der Waals surface area contributed by atoms with Crippen molar-refractivity contribution >= 4 is 52.0 Å². The second-order valence-corrected chi connectivity index (χ2v) is 13.6. The number of thiophene rings is 1. The van der Waals surface area contributed by atoms with E-state index < -0.39 is 36.2 Å². The predicted octanol–water partition coefficient (Wildman–Crippen LogP) is 7.53. The van der Waals surface area contributed by atoms with E-state index in [0.29, 0.717) is 21.6 Å². The maximum absolute atomic E-state index is 16.3. The molecule has 0 aliphatic heterocycles. The van der Waals surface area contributed by atoms with E-state index in [9.17, 15) is 9.59 Å². The number of rotatable bonds is 8. The van der Waals surface area contributed by atoms with Crippen LogP contribution in [0.1, 0.15) is 64.7 Å². The first kappa shape index (κ1) is 30.8. The third-order valence-electron chi connectivity index (χ3n) is 9.35. The first-order valence-corrected chi connectivity index (χ1v) is 17.1. The highest BCUT2D eigenvalue weighted by Crippen LogP contribution is 2.47. The van der Waals surface area contributed by atoms with Crippen molar-refractivity contribution in [1.29, 1.82) is 0 Å². The number of carbonyl (C=O) groups is 2. The van der Waals surface area contributed by atoms with E-state index in [1.807, 2.05) is 11.4 Å². The molecule has 14 heteroatoms. The molecular formula is C32H34ClFN6O5S. The molecule has 2 N–H and O–H groups in total. The zero-order valence-corrected chi connectivity index (χ0v) is 26.8. The van der Waals surface area contributed by atoms with Gasteiger partial charge in [0.1, 0.15) is 22.5 Å². The number of aromatic amines is 1. The normalized spacial score (nSPS) is 23.6. The third-order valence-corrected chi connectivity index (χ3v) is 10.4. The minimum absolute atomic E-state index is 0.0200. The fraction of sp³-hybridized carbons (Fsp3) is 0.500. The number of nitrogens with zero attached hydrogens (tertiary/aromatic N) is 4. The molecule has 4 aromatic rings. The van der Waals surface area contributed by atoms with Gasteiger partial charge in [0.15, 0.2) is 23.1 Å². The second kappa shape index (κ2) is 13.1. The number of hydrogen-bond acceptors (Lipinski definition) is 11. The molecule has 3 atom stereocenters. The van der Waals surface area contributed by atoms with E-state index in [2.05, 4.69) is 30.2 Å². The molecule has 4 fully saturated rings. The van der Waals surface area contributed by atoms with Crippen LogP contribution in [-0.2, 0) is 19.0 Å². The van der Waals surface area contributed by atoms with E-state index in [0.717, 1.165) is 57.8 Å². The highest BCUT2D eigenvalue weighted by Gasteiger charge is 2.49. The van der Waals surface area contributed by atoms with Crippen LogP contribution in [-0.4, -0.2) is 55.5 Å². The number of anilines is 1. The molecule has 4 aromatic heterocycles. The molecule has 1 unspecified atom stereocenters. The Bertz CT molecular complexity index is 1720. The monoisotopic (exact) mass is 668 g/mol. The van der Waals surface area contributed by atoms with Gasteiger partial charge in [0.05, 0.1) is 22.6 Å². The Balaban J connectivity index is 1.15. The summed E-state index contributed by atoms with van der Waals surface area (Å²) in [6.07, 6.45) is 9.20. The Morgan fingerprint density at radius 2 is 1.85 bits per heavy atom. The Morgan fingerprint density at radius 1 is 1.07 bits per heavy atom. The van der Waals surface area contributed by atoms with Gasteiger partial charge in [0.25, 0.3) is 0 Å². The number of fused-ring (bicyclic) bond motifs is 4. The van der Waals surface area contributed by atoms with Crippen LogP contribution in [0.3, 0.4) is 0 Å². The van der Waals surface area contributed by atoms with E-state index in [1.54, 1.807) is 12.3 Å². The number of hydrogen-bond donors (Lipinski definition) is 2. The van der Waals surface area contributed by atoms with Crippen LogP contribution in [0, 0.1) is 23.6 Å². The fourth-order valence-corrected chi connectivity index (χ4v) is 8.02. The Morgan fingerprint density at radius 3 is 2.61 bits per heavy atom. The van der Waals surface area contributed by atoms with Crippen LogP contribution in [0.4, 0.5) is 15.0 Å². The zero-order valence-electron chi connectivity index (χ0n) is 25.2. The Hall–Kier alpha value is -3.84. The first-order valence-electron chi connectivity index (χ1n) is 15.8. The first-order chi connectivity index (χ1) is 22.3. The van der Waals surface area contributed by atoms with Crippen molar-refractivity contribution in [1.82, 2.24) is 24.9 Å². The number of nitrogens with one attached hydrogen (secondary N) is 2. The van der Waals surface area contributed by atoms with Gasteiger partial charge in [-0.05, 0) is 74.6 Å². The molecular weight excluding hydrogens is 635 g/mol. The minimum Gasteiger partial charge on any atom is -0.431 e. The molecule has 4 saturated carbocycles. The third kappa shape index (κ3) is 6.26. The summed E-state index contributed by atoms with van der Waals surface area (Å²) >= 11 is 7.50. The van der Waals surface area contributed by atoms with Crippen LogP contribution in [0.5, 0.6) is 0 Å². The number of ether oxygens (including phenoxy) is 3. The lowest BCUT2D eigenvalue weighted by molar-refractivity contribution is -0.179. The summed E-state index contributed by atoms with van der Waals surface area (Å²) in [6.45, 7) is 1.50. The fourth-order valence-electron chi connectivity index (χ4n) is 7.18. The van der Waals surface area contributed by atoms with Crippen molar-refractivity contribution in [3.05, 3.63) is 40.9 Å². The lowest BCUT2D eigenvalue weighted by atomic mass is 9.61. The maximum Gasteiger partial charge on any atom is 0.511 e. The summed E-state index contributed by atoms with van der Waals surface area (Å²) in [5, 5.41) is 5.37. The van der Waals surface area contributed by atoms with E-state index in [-0.39, 0.29) is 40.4 Å². The SMILES string of the molecule is CC(OC(=O)OC1CCCCC1)OC(=O)[C@H]1C2CCC(CC2)[C@@H]1Nc1nc(-c2c[nH]c3ncc(Cl)nc23)nc(-c2cccs2)c1F. The van der Waals surface area contributed by atoms with Crippen molar-refractivity contribution in [3.63, 3.8) is 0 Å². The van der Waals surface area contributed by atoms with Gasteiger partial charge >= 0.3 is 12.1 Å². The van der Waals surface area contributed by atoms with Gasteiger partial charge in [-0.3, -0.25) is 4.79 Å². The average Bonchev–Trinajstić information content (AvgIpc) is 3.73. The highest BCUT2D eigenvalue weighted by molar-refractivity contribution is 7.13. The van der Waals surface area contributed by atoms with Gasteiger partial charge in [-0.15, -0.1) is 11.3 Å². The standard InChI is InChI=1S/C32H34ClFN6O5S/c1-16(44-32(42)45-19-6-3-2-4-7-19)43-31(41)23-17-9-11-18(12-10-17)25(23)38-29-24(34)27(21-8-5-13-46-21)39-28(40-29)20-14-35-30-26(20)37-22(33)15-36-30/h5,8,13-19,23,25H,2-4,6-7,9-12H2,1H3,(H,35,36)(H,38,39,40)/t16?,17?,18?,23-,25-/m0/s1. The van der Waals surface area contributed by atoms with Gasteiger partial charge in [-0.25, -0.2) is 29.1 Å². The lowest BCUT2D eigenvalue weighted by Gasteiger charge is -2.47. The molecule has 2 bridgehead atoms. The van der Waals surface area contributed by atoms with Crippen molar-refractivity contribution < 1.29 is 28.2 Å². The lowest BCUT2D eigenvalue weighted by Crippen LogP contribution is -2.52. The van der Waals surface area contributed by atoms with Crippen LogP contribution < -0.4 is 5.32 Å². The molecule has 11 nitrogen and oxygen atoms in total. The zero-order chi connectivity index (χ0) is 31.8. The van der Waals surface area contributed by atoms with Gasteiger partial charge in [-0.1, -0.05) is 24.1 Å². The highest BCUT2D eigenvalue weighted by atomic mass is 35.5. The van der Waals surface area contributed by atoms with Crippen molar-refractivity contribution in [2.24, 2.45) is 17.8 Å². The van der Waals surface area contributed by atoms with Crippen LogP contribution in [0.15, 0.2) is 29.9 Å². The molecule has 46 heavy (non-hydrogen) atoms. The number of carbonyl (C=O) groups excluding carboxylic acids is 2. The smallest absolute Gasteiger partial charge is 0.431 e. The number of H-pyrrole nitrogens is 1. The van der Waals surface area contributed by atoms with Gasteiger partial charge in [0, 0.05) is 19.2 Å². The van der Waals surface area contributed by atoms with Crippen LogP contribution >= 0.6 is 22.9 Å². The summed E-state index contributed by atoms with van der Waals surface area (Å²) in [6, 6.07) is 3.16. The topological polar surface area (TPSA) is 141 Å². The van der Waals surface area contributed by atoms with Crippen LogP contribution in [0.2, 0.25) is 5.15 Å². The molecule has 242 valence electrons. The molecule has 4 heterocycles. The molecule has 0 aromatic carbocycles. The van der Waals surface area contributed by atoms with Gasteiger partial charge < -0.3 is 24.5 Å². The number of esters is 1. The predicted molar refractivity (Wildman–Crippen MR) is 170 cm³/mol. The average molecular weight is 669 g/mol. The summed E-state index contributed by atoms with van der Waals surface area (Å²) in [4.78, 5) is 47.7. The van der Waals surface area contributed by atoms with Crippen molar-refractivity contribution in [2.75, 3.05) is 5.32 Å². The number of aromatic nitrogens is 5. The van der Waals surface area contributed by atoms with E-state index in [4.69, 9.17) is 25.8 Å². The molecule has 0 spiro atoms. The largest absolute Gasteiger partial charge is 0.511 e. The van der Waals surface area contributed by atoms with E-state index in [1.165, 1.54) is 24.5 Å². The molecule has 0 amide bonds. The van der Waals surface area contributed by atoms with Gasteiger partial charge in [0.2, 0.25) is 6.29 Å². The van der Waals surface area contributed by atoms with Gasteiger partial charge in [-0.2, -0.15) is 0 Å². The molecule has 0 saturated heterocycles.